The standard InChI is InChI=1S/C3HF5O3S/c4-2(5,6)1-3(7,8)11-12(1,9)10/h1H. The van der Waals surface area contributed by atoms with Crippen molar-refractivity contribution < 1.29 is 34.6 Å². The van der Waals surface area contributed by atoms with Gasteiger partial charge in [-0.1, -0.05) is 0 Å². The van der Waals surface area contributed by atoms with E-state index < -0.39 is 27.7 Å². The number of hydrogen-bond acceptors (Lipinski definition) is 3. The van der Waals surface area contributed by atoms with Gasteiger partial charge in [0.15, 0.2) is 0 Å². The molecular formula is C3HF5O3S. The van der Waals surface area contributed by atoms with Crippen LogP contribution in [-0.4, -0.2) is 26.0 Å². The molecule has 3 nitrogen and oxygen atoms in total. The van der Waals surface area contributed by atoms with Crippen molar-refractivity contribution >= 4 is 10.1 Å². The third-order valence-corrected chi connectivity index (χ3v) is 2.69. The molecule has 0 aromatic carbocycles. The van der Waals surface area contributed by atoms with Gasteiger partial charge in [-0.25, -0.2) is 0 Å². The zero-order chi connectivity index (χ0) is 9.78. The van der Waals surface area contributed by atoms with Crippen LogP contribution in [0, 0.1) is 0 Å². The summed E-state index contributed by atoms with van der Waals surface area (Å²) in [7, 11) is -5.16. The Labute approximate surface area is 63.2 Å². The summed E-state index contributed by atoms with van der Waals surface area (Å²) >= 11 is 0. The van der Waals surface area contributed by atoms with Crippen molar-refractivity contribution in [1.82, 2.24) is 0 Å². The predicted octanol–water partition coefficient (Wildman–Crippen LogP) is 0.870. The molecule has 1 atom stereocenters. The molecule has 0 amide bonds. The number of hydrogen-bond donors (Lipinski definition) is 0. The van der Waals surface area contributed by atoms with Crippen molar-refractivity contribution in [2.75, 3.05) is 0 Å². The molecule has 0 bridgehead atoms. The zero-order valence-corrected chi connectivity index (χ0v) is 5.92. The van der Waals surface area contributed by atoms with Crippen LogP contribution in [0.3, 0.4) is 0 Å². The van der Waals surface area contributed by atoms with Crippen LogP contribution < -0.4 is 0 Å². The first-order valence-electron chi connectivity index (χ1n) is 2.46. The van der Waals surface area contributed by atoms with E-state index in [0.717, 1.165) is 0 Å². The van der Waals surface area contributed by atoms with Gasteiger partial charge in [0, 0.05) is 0 Å². The zero-order valence-electron chi connectivity index (χ0n) is 5.10. The summed E-state index contributed by atoms with van der Waals surface area (Å²) in [5.74, 6) is 0. The van der Waals surface area contributed by atoms with Crippen LogP contribution in [0.4, 0.5) is 22.0 Å². The Morgan fingerprint density at radius 1 is 1.25 bits per heavy atom. The van der Waals surface area contributed by atoms with Crippen LogP contribution in [0.25, 0.3) is 0 Å². The van der Waals surface area contributed by atoms with Gasteiger partial charge in [0.1, 0.15) is 0 Å². The fourth-order valence-corrected chi connectivity index (χ4v) is 1.80. The van der Waals surface area contributed by atoms with E-state index in [0.29, 0.717) is 0 Å². The first kappa shape index (κ1) is 9.65. The summed E-state index contributed by atoms with van der Waals surface area (Å²) in [6, 6.07) is 0. The van der Waals surface area contributed by atoms with E-state index in [4.69, 9.17) is 0 Å². The van der Waals surface area contributed by atoms with Gasteiger partial charge in [0.05, 0.1) is 0 Å². The Morgan fingerprint density at radius 3 is 1.75 bits per heavy atom. The van der Waals surface area contributed by atoms with E-state index in [1.54, 1.807) is 0 Å². The summed E-state index contributed by atoms with van der Waals surface area (Å²) in [6.07, 6.45) is -10.2. The van der Waals surface area contributed by atoms with Gasteiger partial charge in [-0.05, 0) is 0 Å². The van der Waals surface area contributed by atoms with Crippen molar-refractivity contribution in [3.63, 3.8) is 0 Å². The Hall–Kier alpha value is -0.440. The lowest BCUT2D eigenvalue weighted by atomic mass is 10.4. The third-order valence-electron chi connectivity index (χ3n) is 1.12. The summed E-state index contributed by atoms with van der Waals surface area (Å²) in [6.45, 7) is 0. The summed E-state index contributed by atoms with van der Waals surface area (Å²) < 4.78 is 81.3. The van der Waals surface area contributed by atoms with Crippen molar-refractivity contribution in [2.24, 2.45) is 0 Å². The number of halogens is 5. The summed E-state index contributed by atoms with van der Waals surface area (Å²) in [5, 5.41) is -3.72. The number of rotatable bonds is 0. The second-order valence-electron chi connectivity index (χ2n) is 2.06. The average molecular weight is 212 g/mol. The lowest BCUT2D eigenvalue weighted by molar-refractivity contribution is -0.279. The van der Waals surface area contributed by atoms with E-state index in [2.05, 4.69) is 4.18 Å². The Balaban J connectivity index is 3.03. The Morgan fingerprint density at radius 2 is 1.67 bits per heavy atom. The molecule has 72 valence electrons. The molecular weight excluding hydrogens is 211 g/mol. The van der Waals surface area contributed by atoms with Crippen molar-refractivity contribution in [3.05, 3.63) is 0 Å². The fourth-order valence-electron chi connectivity index (χ4n) is 0.726. The van der Waals surface area contributed by atoms with E-state index in [-0.39, 0.29) is 0 Å². The van der Waals surface area contributed by atoms with Crippen LogP contribution in [0.1, 0.15) is 0 Å². The highest BCUT2D eigenvalue weighted by atomic mass is 32.2. The van der Waals surface area contributed by atoms with Gasteiger partial charge in [0.2, 0.25) is 0 Å². The highest BCUT2D eigenvalue weighted by molar-refractivity contribution is 7.88. The van der Waals surface area contributed by atoms with Crippen LogP contribution in [-0.2, 0) is 14.3 Å². The van der Waals surface area contributed by atoms with Gasteiger partial charge in [-0.2, -0.15) is 34.6 Å². The molecule has 1 aliphatic rings. The molecule has 1 fully saturated rings. The van der Waals surface area contributed by atoms with Crippen LogP contribution in [0.5, 0.6) is 0 Å². The summed E-state index contributed by atoms with van der Waals surface area (Å²) in [4.78, 5) is 0. The van der Waals surface area contributed by atoms with Gasteiger partial charge >= 0.3 is 12.3 Å². The average Bonchev–Trinajstić information content (AvgIpc) is 1.48. The van der Waals surface area contributed by atoms with Gasteiger partial charge in [0.25, 0.3) is 15.4 Å². The smallest absolute Gasteiger partial charge is 0.198 e. The molecule has 1 unspecified atom stereocenters. The minimum absolute atomic E-state index is 2.77. The maximum Gasteiger partial charge on any atom is 0.416 e. The Bertz CT molecular complexity index is 279. The Kier molecular flexibility index (Phi) is 1.67. The third kappa shape index (κ3) is 1.26. The molecule has 9 heteroatoms. The predicted molar refractivity (Wildman–Crippen MR) is 24.8 cm³/mol. The first-order valence-corrected chi connectivity index (χ1v) is 3.93. The van der Waals surface area contributed by atoms with Gasteiger partial charge < -0.3 is 0 Å². The minimum Gasteiger partial charge on any atom is -0.198 e. The lowest BCUT2D eigenvalue weighted by Crippen LogP contribution is -2.62. The second kappa shape index (κ2) is 2.08. The molecule has 1 rings (SSSR count). The summed E-state index contributed by atoms with van der Waals surface area (Å²) in [5.41, 5.74) is 0. The van der Waals surface area contributed by atoms with Crippen LogP contribution in [0.2, 0.25) is 0 Å². The molecule has 0 spiro atoms. The first-order chi connectivity index (χ1) is 5.07. The molecule has 1 saturated heterocycles. The fraction of sp³-hybridized carbons (Fsp3) is 1.00. The quantitative estimate of drug-likeness (QED) is 0.442. The van der Waals surface area contributed by atoms with E-state index >= 15 is 0 Å². The SMILES string of the molecule is O=S1(=O)OC(F)(F)C1C(F)(F)F. The van der Waals surface area contributed by atoms with E-state index in [1.807, 2.05) is 0 Å². The normalized spacial score (nSPS) is 32.6. The minimum atomic E-state index is -5.50. The largest absolute Gasteiger partial charge is 0.416 e. The maximum absolute atomic E-state index is 11.9. The van der Waals surface area contributed by atoms with E-state index in [9.17, 15) is 30.4 Å². The molecule has 0 radical (unpaired) electrons. The molecule has 0 aliphatic carbocycles. The molecule has 1 aliphatic heterocycles. The van der Waals surface area contributed by atoms with Crippen molar-refractivity contribution in [2.45, 2.75) is 17.5 Å². The molecule has 0 aromatic heterocycles. The lowest BCUT2D eigenvalue weighted by Gasteiger charge is -2.35. The van der Waals surface area contributed by atoms with Gasteiger partial charge in [-0.3, -0.25) is 0 Å². The highest BCUT2D eigenvalue weighted by Gasteiger charge is 2.75. The monoisotopic (exact) mass is 212 g/mol. The molecule has 12 heavy (non-hydrogen) atoms. The highest BCUT2D eigenvalue weighted by Crippen LogP contribution is 2.47. The van der Waals surface area contributed by atoms with Crippen LogP contribution >= 0.6 is 0 Å². The molecule has 0 saturated carbocycles. The van der Waals surface area contributed by atoms with E-state index in [1.165, 1.54) is 0 Å². The van der Waals surface area contributed by atoms with Gasteiger partial charge in [-0.15, -0.1) is 0 Å². The molecule has 0 aromatic rings. The topological polar surface area (TPSA) is 43.4 Å². The second-order valence-corrected chi connectivity index (χ2v) is 3.68. The maximum atomic E-state index is 11.9. The number of alkyl halides is 5. The molecule has 0 N–H and O–H groups in total. The van der Waals surface area contributed by atoms with Crippen LogP contribution in [0.15, 0.2) is 0 Å². The molecule has 1 heterocycles. The van der Waals surface area contributed by atoms with Crippen molar-refractivity contribution in [3.8, 4) is 0 Å². The van der Waals surface area contributed by atoms with Crippen molar-refractivity contribution in [1.29, 1.82) is 0 Å².